The number of fused-ring (bicyclic) bond motifs is 1. The van der Waals surface area contributed by atoms with Crippen LogP contribution in [0, 0.1) is 0 Å². The predicted octanol–water partition coefficient (Wildman–Crippen LogP) is 2.59. The van der Waals surface area contributed by atoms with Crippen molar-refractivity contribution >= 4 is 21.6 Å². The fraction of sp³-hybridized carbons (Fsp3) is 0.350. The highest BCUT2D eigenvalue weighted by molar-refractivity contribution is 7.90. The molecule has 0 bridgehead atoms. The second-order valence-electron chi connectivity index (χ2n) is 7.03. The van der Waals surface area contributed by atoms with Crippen LogP contribution in [-0.4, -0.2) is 28.0 Å². The Kier molecular flexibility index (Phi) is 4.34. The minimum atomic E-state index is -3.95. The maximum atomic E-state index is 13.0. The van der Waals surface area contributed by atoms with Crippen molar-refractivity contribution in [3.05, 3.63) is 53.6 Å². The molecule has 0 aromatic heterocycles. The number of hydrogen-bond donors (Lipinski definition) is 2. The minimum Gasteiger partial charge on any atom is -0.496 e. The van der Waals surface area contributed by atoms with Gasteiger partial charge in [0.15, 0.2) is 0 Å². The molecule has 27 heavy (non-hydrogen) atoms. The van der Waals surface area contributed by atoms with E-state index >= 15 is 0 Å². The van der Waals surface area contributed by atoms with E-state index in [1.807, 2.05) is 24.3 Å². The molecule has 2 aliphatic rings. The van der Waals surface area contributed by atoms with E-state index in [9.17, 15) is 13.2 Å². The van der Waals surface area contributed by atoms with Crippen LogP contribution < -0.4 is 14.8 Å². The highest BCUT2D eigenvalue weighted by Crippen LogP contribution is 2.51. The van der Waals surface area contributed by atoms with Gasteiger partial charge in [-0.2, -0.15) is 0 Å². The summed E-state index contributed by atoms with van der Waals surface area (Å²) in [6, 6.07) is 12.4. The standard InChI is InChI=1S/C20H22N2O4S/c1-26-17-9-3-2-7-15(17)20(11-12-20)19(23)22-27(24,25)18-10-4-8-16-14(18)6-5-13-21-16/h2-4,7-10,21H,5-6,11-13H2,1H3,(H,22,23). The lowest BCUT2D eigenvalue weighted by Crippen LogP contribution is -2.39. The topological polar surface area (TPSA) is 84.5 Å². The monoisotopic (exact) mass is 386 g/mol. The number of para-hydroxylation sites is 1. The normalized spacial score (nSPS) is 17.4. The van der Waals surface area contributed by atoms with Crippen LogP contribution in [0.2, 0.25) is 0 Å². The van der Waals surface area contributed by atoms with Crippen molar-refractivity contribution in [3.63, 3.8) is 0 Å². The number of carbonyl (C=O) groups is 1. The van der Waals surface area contributed by atoms with Crippen molar-refractivity contribution in [2.24, 2.45) is 0 Å². The molecule has 1 amide bonds. The largest absolute Gasteiger partial charge is 0.496 e. The second-order valence-corrected chi connectivity index (χ2v) is 8.68. The van der Waals surface area contributed by atoms with E-state index in [1.54, 1.807) is 25.3 Å². The summed E-state index contributed by atoms with van der Waals surface area (Å²) in [6.07, 6.45) is 2.73. The number of ether oxygens (including phenoxy) is 1. The Morgan fingerprint density at radius 3 is 2.67 bits per heavy atom. The first-order valence-corrected chi connectivity index (χ1v) is 10.5. The Hall–Kier alpha value is -2.54. The highest BCUT2D eigenvalue weighted by Gasteiger charge is 2.54. The summed E-state index contributed by atoms with van der Waals surface area (Å²) in [5.74, 6) is 0.109. The molecule has 1 saturated carbocycles. The summed E-state index contributed by atoms with van der Waals surface area (Å²) in [7, 11) is -2.40. The van der Waals surface area contributed by atoms with Gasteiger partial charge in [-0.15, -0.1) is 0 Å². The molecule has 0 radical (unpaired) electrons. The summed E-state index contributed by atoms with van der Waals surface area (Å²) in [5.41, 5.74) is 1.46. The Labute approximate surface area is 159 Å². The van der Waals surface area contributed by atoms with Gasteiger partial charge < -0.3 is 10.1 Å². The Bertz CT molecular complexity index is 997. The van der Waals surface area contributed by atoms with Crippen LogP contribution in [0.4, 0.5) is 5.69 Å². The SMILES string of the molecule is COc1ccccc1C1(C(=O)NS(=O)(=O)c2cccc3c2CCCN3)CC1. The molecule has 7 heteroatoms. The van der Waals surface area contributed by atoms with Crippen LogP contribution in [0.15, 0.2) is 47.4 Å². The molecule has 6 nitrogen and oxygen atoms in total. The summed E-state index contributed by atoms with van der Waals surface area (Å²) >= 11 is 0. The van der Waals surface area contributed by atoms with E-state index in [0.717, 1.165) is 29.8 Å². The molecule has 1 heterocycles. The summed E-state index contributed by atoms with van der Waals surface area (Å²) in [4.78, 5) is 13.2. The molecule has 2 N–H and O–H groups in total. The second kappa shape index (κ2) is 6.56. The lowest BCUT2D eigenvalue weighted by atomic mass is 9.94. The van der Waals surface area contributed by atoms with Crippen molar-refractivity contribution in [2.45, 2.75) is 36.0 Å². The van der Waals surface area contributed by atoms with Gasteiger partial charge in [0, 0.05) is 17.8 Å². The van der Waals surface area contributed by atoms with E-state index in [2.05, 4.69) is 10.0 Å². The third-order valence-electron chi connectivity index (χ3n) is 5.38. The number of rotatable bonds is 5. The van der Waals surface area contributed by atoms with E-state index in [1.165, 1.54) is 0 Å². The van der Waals surface area contributed by atoms with E-state index in [4.69, 9.17) is 4.74 Å². The van der Waals surface area contributed by atoms with Crippen molar-refractivity contribution in [3.8, 4) is 5.75 Å². The molecule has 4 rings (SSSR count). The zero-order valence-corrected chi connectivity index (χ0v) is 15.9. The maximum Gasteiger partial charge on any atom is 0.264 e. The van der Waals surface area contributed by atoms with Crippen LogP contribution in [-0.2, 0) is 26.7 Å². The molecular formula is C20H22N2O4S. The van der Waals surface area contributed by atoms with E-state index < -0.39 is 21.3 Å². The van der Waals surface area contributed by atoms with Gasteiger partial charge in [-0.3, -0.25) is 4.79 Å². The number of benzene rings is 2. The van der Waals surface area contributed by atoms with Crippen molar-refractivity contribution in [1.82, 2.24) is 4.72 Å². The summed E-state index contributed by atoms with van der Waals surface area (Å²) in [6.45, 7) is 0.819. The van der Waals surface area contributed by atoms with Crippen molar-refractivity contribution in [1.29, 1.82) is 0 Å². The minimum absolute atomic E-state index is 0.177. The highest BCUT2D eigenvalue weighted by atomic mass is 32.2. The number of nitrogens with one attached hydrogen (secondary N) is 2. The number of amides is 1. The third kappa shape index (κ3) is 3.06. The molecular weight excluding hydrogens is 364 g/mol. The van der Waals surface area contributed by atoms with Crippen LogP contribution in [0.5, 0.6) is 5.75 Å². The third-order valence-corrected chi connectivity index (χ3v) is 6.79. The lowest BCUT2D eigenvalue weighted by molar-refractivity contribution is -0.121. The number of anilines is 1. The molecule has 1 aliphatic heterocycles. The average Bonchev–Trinajstić information content (AvgIpc) is 3.49. The quantitative estimate of drug-likeness (QED) is 0.825. The fourth-order valence-corrected chi connectivity index (χ4v) is 5.13. The first-order valence-electron chi connectivity index (χ1n) is 9.04. The zero-order valence-electron chi connectivity index (χ0n) is 15.1. The molecule has 0 unspecified atom stereocenters. The Balaban J connectivity index is 1.65. The smallest absolute Gasteiger partial charge is 0.264 e. The van der Waals surface area contributed by atoms with Gasteiger partial charge in [0.05, 0.1) is 17.4 Å². The van der Waals surface area contributed by atoms with Crippen LogP contribution in [0.3, 0.4) is 0 Å². The number of hydrogen-bond acceptors (Lipinski definition) is 5. The van der Waals surface area contributed by atoms with Crippen LogP contribution in [0.25, 0.3) is 0 Å². The van der Waals surface area contributed by atoms with Gasteiger partial charge in [0.25, 0.3) is 10.0 Å². The average molecular weight is 386 g/mol. The summed E-state index contributed by atoms with van der Waals surface area (Å²) < 4.78 is 33.7. The molecule has 1 aliphatic carbocycles. The molecule has 1 fully saturated rings. The maximum absolute atomic E-state index is 13.0. The first kappa shape index (κ1) is 17.9. The number of methoxy groups -OCH3 is 1. The molecule has 0 spiro atoms. The van der Waals surface area contributed by atoms with Gasteiger partial charge in [-0.05, 0) is 49.4 Å². The van der Waals surface area contributed by atoms with E-state index in [0.29, 0.717) is 25.0 Å². The summed E-state index contributed by atoms with van der Waals surface area (Å²) in [5, 5.41) is 3.22. The van der Waals surface area contributed by atoms with Crippen LogP contribution >= 0.6 is 0 Å². The number of sulfonamides is 1. The van der Waals surface area contributed by atoms with Gasteiger partial charge >= 0.3 is 0 Å². The van der Waals surface area contributed by atoms with Crippen LogP contribution in [0.1, 0.15) is 30.4 Å². The predicted molar refractivity (Wildman–Crippen MR) is 102 cm³/mol. The fourth-order valence-electron chi connectivity index (χ4n) is 3.79. The van der Waals surface area contributed by atoms with Crippen molar-refractivity contribution in [2.75, 3.05) is 19.0 Å². The van der Waals surface area contributed by atoms with Gasteiger partial charge in [-0.25, -0.2) is 13.1 Å². The molecule has 2 aromatic carbocycles. The number of carbonyl (C=O) groups excluding carboxylic acids is 1. The van der Waals surface area contributed by atoms with Gasteiger partial charge in [0.1, 0.15) is 5.75 Å². The lowest BCUT2D eigenvalue weighted by Gasteiger charge is -2.22. The van der Waals surface area contributed by atoms with Gasteiger partial charge in [-0.1, -0.05) is 24.3 Å². The first-order chi connectivity index (χ1) is 13.0. The van der Waals surface area contributed by atoms with Crippen molar-refractivity contribution < 1.29 is 17.9 Å². The molecule has 142 valence electrons. The molecule has 0 saturated heterocycles. The molecule has 0 atom stereocenters. The van der Waals surface area contributed by atoms with E-state index in [-0.39, 0.29) is 4.90 Å². The Morgan fingerprint density at radius 1 is 1.15 bits per heavy atom. The molecule has 2 aromatic rings. The zero-order chi connectivity index (χ0) is 19.1. The Morgan fingerprint density at radius 2 is 1.93 bits per heavy atom. The van der Waals surface area contributed by atoms with Gasteiger partial charge in [0.2, 0.25) is 5.91 Å².